The van der Waals surface area contributed by atoms with E-state index in [1.165, 1.54) is 16.6 Å². The zero-order valence-electron chi connectivity index (χ0n) is 17.2. The van der Waals surface area contributed by atoms with E-state index in [-0.39, 0.29) is 17.7 Å². The van der Waals surface area contributed by atoms with Gasteiger partial charge in [-0.15, -0.1) is 0 Å². The molecule has 0 bridgehead atoms. The summed E-state index contributed by atoms with van der Waals surface area (Å²) >= 11 is 0. The lowest BCUT2D eigenvalue weighted by Gasteiger charge is -2.15. The highest BCUT2D eigenvalue weighted by Crippen LogP contribution is 2.20. The molecule has 0 radical (unpaired) electrons. The summed E-state index contributed by atoms with van der Waals surface area (Å²) in [5.74, 6) is -0.00855. The van der Waals surface area contributed by atoms with Crippen molar-refractivity contribution in [2.75, 3.05) is 6.54 Å². The molecule has 0 saturated heterocycles. The first-order valence-electron chi connectivity index (χ1n) is 9.67. The maximum Gasteiger partial charge on any atom is 0.222 e. The summed E-state index contributed by atoms with van der Waals surface area (Å²) in [6, 6.07) is 10.3. The predicted molar refractivity (Wildman–Crippen MR) is 111 cm³/mol. The molecule has 1 atom stereocenters. The van der Waals surface area contributed by atoms with Crippen molar-refractivity contribution < 1.29 is 9.59 Å². The number of fused-ring (bicyclic) bond motifs is 1. The van der Waals surface area contributed by atoms with Gasteiger partial charge in [-0.2, -0.15) is 5.10 Å². The topological polar surface area (TPSA) is 68.9 Å². The van der Waals surface area contributed by atoms with Gasteiger partial charge in [0.05, 0.1) is 17.3 Å². The molecule has 0 spiro atoms. The highest BCUT2D eigenvalue weighted by molar-refractivity contribution is 5.96. The maximum absolute atomic E-state index is 12.4. The average Bonchev–Trinajstić information content (AvgIpc) is 3.11. The Labute approximate surface area is 165 Å². The molecule has 0 saturated carbocycles. The monoisotopic (exact) mass is 380 g/mol. The van der Waals surface area contributed by atoms with Gasteiger partial charge >= 0.3 is 0 Å². The Bertz CT molecular complexity index is 1030. The molecule has 2 heterocycles. The van der Waals surface area contributed by atoms with Crippen LogP contribution in [0.4, 0.5) is 0 Å². The van der Waals surface area contributed by atoms with Gasteiger partial charge in [0.2, 0.25) is 5.91 Å². The van der Waals surface area contributed by atoms with Crippen LogP contribution in [0.5, 0.6) is 0 Å². The molecule has 1 N–H and O–H groups in total. The average molecular weight is 380 g/mol. The van der Waals surface area contributed by atoms with Crippen LogP contribution in [0.15, 0.2) is 30.3 Å². The smallest absolute Gasteiger partial charge is 0.222 e. The van der Waals surface area contributed by atoms with Crippen molar-refractivity contribution >= 4 is 22.6 Å². The van der Waals surface area contributed by atoms with Crippen LogP contribution in [0.1, 0.15) is 53.7 Å². The number of hydrogen-bond acceptors (Lipinski definition) is 3. The SMILES string of the molecule is CC(=O)c1c(C)nn([C@@H](C)CC(=O)NCCn2c(C)cc3ccccc32)c1C. The van der Waals surface area contributed by atoms with Crippen LogP contribution in [-0.4, -0.2) is 32.6 Å². The van der Waals surface area contributed by atoms with E-state index < -0.39 is 0 Å². The summed E-state index contributed by atoms with van der Waals surface area (Å²) in [4.78, 5) is 24.2. The first-order chi connectivity index (χ1) is 13.3. The van der Waals surface area contributed by atoms with E-state index in [4.69, 9.17) is 0 Å². The number of amides is 1. The molecule has 2 aromatic heterocycles. The molecule has 3 rings (SSSR count). The molecule has 6 heteroatoms. The lowest BCUT2D eigenvalue weighted by Crippen LogP contribution is -2.29. The number of ketones is 1. The molecule has 0 unspecified atom stereocenters. The normalized spacial score (nSPS) is 12.3. The lowest BCUT2D eigenvalue weighted by atomic mass is 10.1. The Balaban J connectivity index is 1.59. The molecular weight excluding hydrogens is 352 g/mol. The Morgan fingerprint density at radius 2 is 1.89 bits per heavy atom. The van der Waals surface area contributed by atoms with Crippen molar-refractivity contribution in [3.8, 4) is 0 Å². The number of benzene rings is 1. The van der Waals surface area contributed by atoms with E-state index in [0.29, 0.717) is 24.2 Å². The third-order valence-electron chi connectivity index (χ3n) is 5.25. The molecule has 0 aliphatic carbocycles. The Hall–Kier alpha value is -2.89. The number of nitrogens with one attached hydrogen (secondary N) is 1. The molecule has 0 fully saturated rings. The first kappa shape index (κ1) is 19.9. The van der Waals surface area contributed by atoms with Crippen molar-refractivity contribution in [1.29, 1.82) is 0 Å². The fourth-order valence-corrected chi connectivity index (χ4v) is 3.98. The zero-order chi connectivity index (χ0) is 20.4. The van der Waals surface area contributed by atoms with Crippen molar-refractivity contribution in [3.63, 3.8) is 0 Å². The quantitative estimate of drug-likeness (QED) is 0.635. The lowest BCUT2D eigenvalue weighted by molar-refractivity contribution is -0.121. The number of Topliss-reactive ketones (excluding diaryl/α,β-unsaturated/α-hetero) is 1. The number of carbonyl (C=O) groups is 2. The Kier molecular flexibility index (Phi) is 5.68. The van der Waals surface area contributed by atoms with Gasteiger partial charge in [-0.1, -0.05) is 18.2 Å². The van der Waals surface area contributed by atoms with Crippen LogP contribution in [-0.2, 0) is 11.3 Å². The zero-order valence-corrected chi connectivity index (χ0v) is 17.2. The molecule has 148 valence electrons. The van der Waals surface area contributed by atoms with Crippen LogP contribution in [0, 0.1) is 20.8 Å². The van der Waals surface area contributed by atoms with Gasteiger partial charge in [0.15, 0.2) is 5.78 Å². The number of para-hydroxylation sites is 1. The third-order valence-corrected chi connectivity index (χ3v) is 5.25. The van der Waals surface area contributed by atoms with Crippen molar-refractivity contribution in [1.82, 2.24) is 19.7 Å². The number of carbonyl (C=O) groups excluding carboxylic acids is 2. The summed E-state index contributed by atoms with van der Waals surface area (Å²) in [6.45, 7) is 10.6. The standard InChI is InChI=1S/C22H28N4O2/c1-14-12-19-8-6-7-9-20(19)25(14)11-10-23-21(28)13-15(2)26-17(4)22(18(5)27)16(3)24-26/h6-9,12,15H,10-11,13H2,1-5H3,(H,23,28)/t15-/m0/s1. The maximum atomic E-state index is 12.4. The fourth-order valence-electron chi connectivity index (χ4n) is 3.98. The second-order valence-electron chi connectivity index (χ2n) is 7.45. The summed E-state index contributed by atoms with van der Waals surface area (Å²) < 4.78 is 4.01. The minimum absolute atomic E-state index is 0.00669. The van der Waals surface area contributed by atoms with Crippen LogP contribution < -0.4 is 5.32 Å². The molecule has 6 nitrogen and oxygen atoms in total. The minimum Gasteiger partial charge on any atom is -0.354 e. The third kappa shape index (κ3) is 3.86. The van der Waals surface area contributed by atoms with Gasteiger partial charge in [0.1, 0.15) is 0 Å². The Morgan fingerprint density at radius 3 is 2.57 bits per heavy atom. The second kappa shape index (κ2) is 8.00. The molecule has 0 aliphatic heterocycles. The number of aromatic nitrogens is 3. The van der Waals surface area contributed by atoms with E-state index in [1.54, 1.807) is 11.6 Å². The van der Waals surface area contributed by atoms with Gasteiger partial charge in [0.25, 0.3) is 0 Å². The van der Waals surface area contributed by atoms with Crippen molar-refractivity contribution in [3.05, 3.63) is 53.0 Å². The van der Waals surface area contributed by atoms with E-state index in [9.17, 15) is 9.59 Å². The number of hydrogen-bond donors (Lipinski definition) is 1. The minimum atomic E-state index is -0.110. The van der Waals surface area contributed by atoms with Crippen molar-refractivity contribution in [2.45, 2.75) is 53.6 Å². The van der Waals surface area contributed by atoms with Gasteiger partial charge in [-0.3, -0.25) is 14.3 Å². The number of nitrogens with zero attached hydrogens (tertiary/aromatic N) is 3. The van der Waals surface area contributed by atoms with Crippen LogP contribution in [0.3, 0.4) is 0 Å². The summed E-state index contributed by atoms with van der Waals surface area (Å²) in [5.41, 5.74) is 4.56. The summed E-state index contributed by atoms with van der Waals surface area (Å²) in [5, 5.41) is 8.69. The van der Waals surface area contributed by atoms with Crippen LogP contribution >= 0.6 is 0 Å². The molecule has 3 aromatic rings. The highest BCUT2D eigenvalue weighted by Gasteiger charge is 2.20. The summed E-state index contributed by atoms with van der Waals surface area (Å²) in [7, 11) is 0. The van der Waals surface area contributed by atoms with E-state index in [0.717, 1.165) is 12.2 Å². The molecule has 1 amide bonds. The molecule has 1 aromatic carbocycles. The van der Waals surface area contributed by atoms with Crippen molar-refractivity contribution in [2.24, 2.45) is 0 Å². The number of aryl methyl sites for hydroxylation is 2. The van der Waals surface area contributed by atoms with Gasteiger partial charge in [-0.25, -0.2) is 0 Å². The van der Waals surface area contributed by atoms with Gasteiger partial charge in [-0.05, 0) is 52.1 Å². The van der Waals surface area contributed by atoms with E-state index in [1.807, 2.05) is 32.9 Å². The van der Waals surface area contributed by atoms with Crippen LogP contribution in [0.2, 0.25) is 0 Å². The first-order valence-corrected chi connectivity index (χ1v) is 9.67. The van der Waals surface area contributed by atoms with Crippen LogP contribution in [0.25, 0.3) is 10.9 Å². The highest BCUT2D eigenvalue weighted by atomic mass is 16.1. The van der Waals surface area contributed by atoms with Gasteiger partial charge < -0.3 is 9.88 Å². The predicted octanol–water partition coefficient (Wildman–Crippen LogP) is 3.73. The summed E-state index contributed by atoms with van der Waals surface area (Å²) in [6.07, 6.45) is 0.324. The fraction of sp³-hybridized carbons (Fsp3) is 0.409. The van der Waals surface area contributed by atoms with E-state index >= 15 is 0 Å². The van der Waals surface area contributed by atoms with E-state index in [2.05, 4.69) is 40.1 Å². The molecule has 28 heavy (non-hydrogen) atoms. The van der Waals surface area contributed by atoms with Gasteiger partial charge in [0, 0.05) is 36.4 Å². The molecule has 0 aliphatic rings. The Morgan fingerprint density at radius 1 is 1.18 bits per heavy atom. The molecular formula is C22H28N4O2. The largest absolute Gasteiger partial charge is 0.354 e. The number of rotatable bonds is 7. The second-order valence-corrected chi connectivity index (χ2v) is 7.45.